The van der Waals surface area contributed by atoms with Crippen LogP contribution in [0.25, 0.3) is 0 Å². The van der Waals surface area contributed by atoms with Crippen molar-refractivity contribution in [3.05, 3.63) is 29.8 Å². The van der Waals surface area contributed by atoms with Gasteiger partial charge in [-0.25, -0.2) is 4.79 Å². The summed E-state index contributed by atoms with van der Waals surface area (Å²) < 4.78 is 4.65. The first-order chi connectivity index (χ1) is 21.0. The second kappa shape index (κ2) is 28.6. The Morgan fingerprint density at radius 2 is 1.38 bits per heavy atom. The molecule has 1 aromatic carbocycles. The van der Waals surface area contributed by atoms with Gasteiger partial charge in [-0.1, -0.05) is 74.4 Å². The first-order valence-corrected chi connectivity index (χ1v) is 15.1. The zero-order valence-corrected chi connectivity index (χ0v) is 28.5. The third kappa shape index (κ3) is 32.5. The Morgan fingerprint density at radius 1 is 0.844 bits per heavy atom. The van der Waals surface area contributed by atoms with Crippen molar-refractivity contribution in [3.8, 4) is 0 Å². The van der Waals surface area contributed by atoms with Crippen LogP contribution in [0.5, 0.6) is 0 Å². The van der Waals surface area contributed by atoms with Gasteiger partial charge in [-0.15, -0.1) is 0 Å². The molecule has 258 valence electrons. The highest BCUT2D eigenvalue weighted by atomic mass is 16.5. The van der Waals surface area contributed by atoms with E-state index < -0.39 is 23.9 Å². The van der Waals surface area contributed by atoms with Crippen LogP contribution in [0.4, 0.5) is 10.5 Å². The van der Waals surface area contributed by atoms with Gasteiger partial charge in [0.05, 0.1) is 13.1 Å². The molecule has 0 radical (unpaired) electrons. The summed E-state index contributed by atoms with van der Waals surface area (Å²) in [4.78, 5) is 66.1. The van der Waals surface area contributed by atoms with Gasteiger partial charge >= 0.3 is 6.03 Å². The molecule has 14 heteroatoms. The van der Waals surface area contributed by atoms with Crippen LogP contribution in [0.3, 0.4) is 0 Å². The number of benzene rings is 1. The van der Waals surface area contributed by atoms with E-state index in [2.05, 4.69) is 57.8 Å². The van der Waals surface area contributed by atoms with E-state index in [0.717, 1.165) is 17.9 Å². The van der Waals surface area contributed by atoms with E-state index in [1.807, 2.05) is 34.6 Å². The number of amides is 6. The summed E-state index contributed by atoms with van der Waals surface area (Å²) in [6.45, 7) is 18.8. The summed E-state index contributed by atoms with van der Waals surface area (Å²) in [6, 6.07) is 5.75. The van der Waals surface area contributed by atoms with E-state index in [9.17, 15) is 28.8 Å². The Kier molecular flexibility index (Phi) is 28.7. The summed E-state index contributed by atoms with van der Waals surface area (Å²) in [7, 11) is 0. The van der Waals surface area contributed by atoms with E-state index in [1.165, 1.54) is 0 Å². The lowest BCUT2D eigenvalue weighted by Crippen LogP contribution is -2.52. The molecule has 0 aliphatic carbocycles. The molecule has 1 rings (SSSR count). The van der Waals surface area contributed by atoms with Gasteiger partial charge in [0.15, 0.2) is 0 Å². The van der Waals surface area contributed by atoms with Crippen LogP contribution in [-0.2, 0) is 35.3 Å². The van der Waals surface area contributed by atoms with Gasteiger partial charge in [-0.05, 0) is 36.0 Å². The third-order valence-corrected chi connectivity index (χ3v) is 4.81. The zero-order valence-electron chi connectivity index (χ0n) is 28.5. The summed E-state index contributed by atoms with van der Waals surface area (Å²) in [5.41, 5.74) is 10.7. The minimum Gasteiger partial charge on any atom is -0.463 e. The van der Waals surface area contributed by atoms with Crippen LogP contribution >= 0.6 is 0 Å². The number of rotatable bonds is 15. The number of nitrogens with two attached hydrogens (primary N) is 2. The Labute approximate surface area is 268 Å². The molecular weight excluding hydrogens is 582 g/mol. The second-order valence-electron chi connectivity index (χ2n) is 11.0. The fourth-order valence-electron chi connectivity index (χ4n) is 2.60. The number of urea groups is 1. The second-order valence-corrected chi connectivity index (χ2v) is 11.0. The highest BCUT2D eigenvalue weighted by Crippen LogP contribution is 2.10. The molecule has 0 aliphatic heterocycles. The molecule has 0 heterocycles. The van der Waals surface area contributed by atoms with Gasteiger partial charge < -0.3 is 42.8 Å². The summed E-state index contributed by atoms with van der Waals surface area (Å²) in [5, 5.41) is 13.3. The van der Waals surface area contributed by atoms with Crippen LogP contribution in [0.15, 0.2) is 24.3 Å². The van der Waals surface area contributed by atoms with E-state index in [4.69, 9.17) is 5.73 Å². The summed E-state index contributed by atoms with van der Waals surface area (Å²) >= 11 is 0. The van der Waals surface area contributed by atoms with E-state index in [-0.39, 0.29) is 43.5 Å². The van der Waals surface area contributed by atoms with Crippen molar-refractivity contribution in [2.24, 2.45) is 23.3 Å². The van der Waals surface area contributed by atoms with Crippen molar-refractivity contribution in [2.45, 2.75) is 93.8 Å². The molecule has 0 aliphatic rings. The zero-order chi connectivity index (χ0) is 35.4. The molecule has 45 heavy (non-hydrogen) atoms. The molecule has 6 amide bonds. The SMILES string of the molecule is CC(C)C.CC(C)NCC(=O)NC(C(=O)NCC(=O)Nc1ccc(COC=O)cc1)C(C)C.CCC(N)=O.CCCNC(N)=O. The average Bonchev–Trinajstić information content (AvgIpc) is 2.96. The van der Waals surface area contributed by atoms with Gasteiger partial charge in [0.25, 0.3) is 6.47 Å². The maximum atomic E-state index is 12.4. The fourth-order valence-corrected chi connectivity index (χ4v) is 2.60. The van der Waals surface area contributed by atoms with Crippen LogP contribution in [-0.4, -0.2) is 67.9 Å². The van der Waals surface area contributed by atoms with Crippen LogP contribution in [0, 0.1) is 11.8 Å². The first kappa shape index (κ1) is 45.2. The van der Waals surface area contributed by atoms with Crippen molar-refractivity contribution in [2.75, 3.05) is 25.0 Å². The Bertz CT molecular complexity index is 982. The molecule has 0 fully saturated rings. The summed E-state index contributed by atoms with van der Waals surface area (Å²) in [6.07, 6.45) is 1.38. The Morgan fingerprint density at radius 3 is 1.76 bits per heavy atom. The smallest absolute Gasteiger partial charge is 0.312 e. The maximum absolute atomic E-state index is 12.4. The molecule has 0 saturated carbocycles. The molecule has 1 aromatic rings. The molecule has 9 N–H and O–H groups in total. The Balaban J connectivity index is -0.000000900. The quantitative estimate of drug-likeness (QED) is 0.140. The standard InChI is InChI=1S/C20H30N4O5.C4H10N2O.C4H10.C3H7NO/c1-13(2)19(24-18(27)9-21-14(3)4)20(28)22-10-17(26)23-16-7-5-15(6-8-16)11-29-12-25;1-2-3-6-4(5)7;1-4(2)3;1-2-3(4)5/h5-8,12-14,19,21H,9-11H2,1-4H3,(H,22,28)(H,23,26)(H,24,27);2-3H2,1H3,(H3,5,6,7);4H,1-3H3;2H2,1H3,(H2,4,5). The highest BCUT2D eigenvalue weighted by Gasteiger charge is 2.24. The van der Waals surface area contributed by atoms with Gasteiger partial charge in [0.1, 0.15) is 12.6 Å². The minimum absolute atomic E-state index is 0.114. The van der Waals surface area contributed by atoms with E-state index >= 15 is 0 Å². The molecule has 1 atom stereocenters. The van der Waals surface area contributed by atoms with Gasteiger partial charge in [-0.2, -0.15) is 0 Å². The topological polar surface area (TPSA) is 224 Å². The first-order valence-electron chi connectivity index (χ1n) is 15.1. The summed E-state index contributed by atoms with van der Waals surface area (Å²) in [5.74, 6) is -0.650. The lowest BCUT2D eigenvalue weighted by molar-refractivity contribution is -0.130. The van der Waals surface area contributed by atoms with Gasteiger partial charge in [0.2, 0.25) is 23.6 Å². The van der Waals surface area contributed by atoms with Crippen molar-refractivity contribution in [1.82, 2.24) is 21.3 Å². The van der Waals surface area contributed by atoms with Crippen LogP contribution in [0.1, 0.15) is 80.7 Å². The molecule has 0 aromatic heterocycles. The number of nitrogens with one attached hydrogen (secondary N) is 5. The monoisotopic (exact) mass is 639 g/mol. The van der Waals surface area contributed by atoms with Crippen molar-refractivity contribution in [1.29, 1.82) is 0 Å². The molecule has 0 spiro atoms. The molecular formula is C31H57N7O7. The predicted octanol–water partition coefficient (Wildman–Crippen LogP) is 2.16. The van der Waals surface area contributed by atoms with E-state index in [1.54, 1.807) is 31.2 Å². The molecule has 0 bridgehead atoms. The number of hydrogen-bond acceptors (Lipinski definition) is 8. The van der Waals surface area contributed by atoms with Crippen molar-refractivity contribution >= 4 is 41.8 Å². The predicted molar refractivity (Wildman–Crippen MR) is 177 cm³/mol. The molecule has 0 saturated heterocycles. The molecule has 14 nitrogen and oxygen atoms in total. The minimum atomic E-state index is -0.735. The lowest BCUT2D eigenvalue weighted by atomic mass is 10.0. The van der Waals surface area contributed by atoms with Crippen LogP contribution in [0.2, 0.25) is 0 Å². The van der Waals surface area contributed by atoms with Gasteiger partial charge in [-0.3, -0.25) is 24.0 Å². The average molecular weight is 640 g/mol. The Hall–Kier alpha value is -4.20. The van der Waals surface area contributed by atoms with Crippen molar-refractivity contribution < 1.29 is 33.5 Å². The fraction of sp³-hybridized carbons (Fsp3) is 0.613. The number of carbonyl (C=O) groups is 6. The number of carbonyl (C=O) groups excluding carboxylic acids is 6. The van der Waals surface area contributed by atoms with Crippen molar-refractivity contribution in [3.63, 3.8) is 0 Å². The number of primary amides is 2. The number of ether oxygens (including phenoxy) is 1. The number of anilines is 1. The lowest BCUT2D eigenvalue weighted by Gasteiger charge is -2.22. The maximum Gasteiger partial charge on any atom is 0.312 e. The third-order valence-electron chi connectivity index (χ3n) is 4.81. The van der Waals surface area contributed by atoms with E-state index in [0.29, 0.717) is 25.1 Å². The van der Waals surface area contributed by atoms with Gasteiger partial charge in [0, 0.05) is 24.7 Å². The molecule has 1 unspecified atom stereocenters. The number of hydrogen-bond donors (Lipinski definition) is 7. The highest BCUT2D eigenvalue weighted by molar-refractivity contribution is 5.96. The van der Waals surface area contributed by atoms with Crippen LogP contribution < -0.4 is 38.1 Å². The normalized spacial score (nSPS) is 10.4. The largest absolute Gasteiger partial charge is 0.463 e.